The Morgan fingerprint density at radius 1 is 1.16 bits per heavy atom. The Balaban J connectivity index is 1.76. The van der Waals surface area contributed by atoms with Crippen molar-refractivity contribution in [2.24, 2.45) is 7.05 Å². The Morgan fingerprint density at radius 3 is 2.42 bits per heavy atom. The summed E-state index contributed by atoms with van der Waals surface area (Å²) in [7, 11) is -2.65. The molecule has 9 heteroatoms. The molecule has 1 amide bonds. The SMILES string of the molecule is Cn1ncc(/C=C/C(=O)Nc2ccc(C(C)(C)P(=O)(O)O)cc2)c1-c1ccccc1F. The molecule has 0 aliphatic carbocycles. The van der Waals surface area contributed by atoms with E-state index in [4.69, 9.17) is 0 Å². The molecule has 0 unspecified atom stereocenters. The number of hydrogen-bond acceptors (Lipinski definition) is 3. The zero-order valence-electron chi connectivity index (χ0n) is 17.3. The third-order valence-electron chi connectivity index (χ3n) is 5.10. The zero-order chi connectivity index (χ0) is 22.8. The second kappa shape index (κ2) is 8.59. The molecule has 1 aromatic heterocycles. The number of aryl methyl sites for hydroxylation is 1. The second-order valence-electron chi connectivity index (χ2n) is 7.55. The Hall–Kier alpha value is -3.06. The number of halogens is 1. The molecule has 1 heterocycles. The predicted octanol–water partition coefficient (Wildman–Crippen LogP) is 4.29. The quantitative estimate of drug-likeness (QED) is 0.389. The molecule has 0 aliphatic rings. The molecule has 0 saturated heterocycles. The molecule has 31 heavy (non-hydrogen) atoms. The van der Waals surface area contributed by atoms with Crippen molar-refractivity contribution in [1.29, 1.82) is 0 Å². The number of nitrogens with one attached hydrogen (secondary N) is 1. The van der Waals surface area contributed by atoms with Crippen LogP contribution in [0.1, 0.15) is 25.0 Å². The van der Waals surface area contributed by atoms with Crippen molar-refractivity contribution < 1.29 is 23.5 Å². The van der Waals surface area contributed by atoms with Crippen LogP contribution in [0.15, 0.2) is 60.8 Å². The maximum absolute atomic E-state index is 14.2. The highest BCUT2D eigenvalue weighted by Crippen LogP contribution is 2.56. The van der Waals surface area contributed by atoms with Gasteiger partial charge in [-0.25, -0.2) is 4.39 Å². The van der Waals surface area contributed by atoms with Crippen LogP contribution in [0.5, 0.6) is 0 Å². The van der Waals surface area contributed by atoms with Gasteiger partial charge in [0.05, 0.1) is 17.0 Å². The lowest BCUT2D eigenvalue weighted by Gasteiger charge is -2.26. The molecule has 0 fully saturated rings. The van der Waals surface area contributed by atoms with Crippen LogP contribution in [0.4, 0.5) is 10.1 Å². The van der Waals surface area contributed by atoms with Crippen LogP contribution in [0.3, 0.4) is 0 Å². The van der Waals surface area contributed by atoms with Crippen LogP contribution in [0.25, 0.3) is 17.3 Å². The van der Waals surface area contributed by atoms with Gasteiger partial charge in [-0.1, -0.05) is 24.3 Å². The Kier molecular flexibility index (Phi) is 6.27. The van der Waals surface area contributed by atoms with Crippen molar-refractivity contribution in [3.8, 4) is 11.3 Å². The summed E-state index contributed by atoms with van der Waals surface area (Å²) in [6.07, 6.45) is 4.41. The molecular formula is C22H23FN3O4P. The average molecular weight is 443 g/mol. The van der Waals surface area contributed by atoms with E-state index in [1.165, 1.54) is 30.7 Å². The van der Waals surface area contributed by atoms with Crippen LogP contribution in [-0.4, -0.2) is 25.5 Å². The van der Waals surface area contributed by atoms with Gasteiger partial charge in [0.2, 0.25) is 5.91 Å². The summed E-state index contributed by atoms with van der Waals surface area (Å²) in [4.78, 5) is 31.4. The number of benzene rings is 2. The van der Waals surface area contributed by atoms with E-state index >= 15 is 0 Å². The van der Waals surface area contributed by atoms with Gasteiger partial charge in [-0.2, -0.15) is 5.10 Å². The molecule has 0 spiro atoms. The summed E-state index contributed by atoms with van der Waals surface area (Å²) in [5.74, 6) is -0.797. The maximum atomic E-state index is 14.2. The van der Waals surface area contributed by atoms with E-state index < -0.39 is 18.7 Å². The van der Waals surface area contributed by atoms with Crippen LogP contribution in [0, 0.1) is 5.82 Å². The van der Waals surface area contributed by atoms with Crippen LogP contribution < -0.4 is 5.32 Å². The summed E-state index contributed by atoms with van der Waals surface area (Å²) >= 11 is 0. The summed E-state index contributed by atoms with van der Waals surface area (Å²) in [6, 6.07) is 12.6. The van der Waals surface area contributed by atoms with Crippen molar-refractivity contribution >= 4 is 25.3 Å². The zero-order valence-corrected chi connectivity index (χ0v) is 18.2. The van der Waals surface area contributed by atoms with Gasteiger partial charge in [-0.3, -0.25) is 14.0 Å². The first kappa shape index (κ1) is 22.6. The van der Waals surface area contributed by atoms with Gasteiger partial charge in [0.1, 0.15) is 5.82 Å². The van der Waals surface area contributed by atoms with E-state index in [2.05, 4.69) is 10.4 Å². The van der Waals surface area contributed by atoms with Gasteiger partial charge < -0.3 is 15.1 Å². The van der Waals surface area contributed by atoms with Gasteiger partial charge in [0, 0.05) is 29.9 Å². The third-order valence-corrected chi connectivity index (χ3v) is 6.81. The summed E-state index contributed by atoms with van der Waals surface area (Å²) in [5.41, 5.74) is 2.44. The number of carbonyl (C=O) groups is 1. The molecule has 3 aromatic rings. The first-order valence-corrected chi connectivity index (χ1v) is 11.0. The summed E-state index contributed by atoms with van der Waals surface area (Å²) < 4.78 is 27.4. The molecular weight excluding hydrogens is 420 g/mol. The highest BCUT2D eigenvalue weighted by Gasteiger charge is 2.39. The molecule has 0 atom stereocenters. The number of nitrogens with zero attached hydrogens (tertiary/aromatic N) is 2. The Bertz CT molecular complexity index is 1180. The number of anilines is 1. The first-order chi connectivity index (χ1) is 14.5. The number of aromatic nitrogens is 2. The van der Waals surface area contributed by atoms with Gasteiger partial charge in [-0.05, 0) is 49.8 Å². The first-order valence-electron chi connectivity index (χ1n) is 9.43. The molecule has 3 N–H and O–H groups in total. The fourth-order valence-corrected chi connectivity index (χ4v) is 3.52. The van der Waals surface area contributed by atoms with E-state index in [9.17, 15) is 23.5 Å². The van der Waals surface area contributed by atoms with Crippen molar-refractivity contribution in [1.82, 2.24) is 9.78 Å². The topological polar surface area (TPSA) is 104 Å². The Labute approximate surface area is 179 Å². The highest BCUT2D eigenvalue weighted by molar-refractivity contribution is 7.53. The van der Waals surface area contributed by atoms with Crippen LogP contribution >= 0.6 is 7.60 Å². The minimum atomic E-state index is -4.34. The van der Waals surface area contributed by atoms with Crippen LogP contribution in [-0.2, 0) is 21.6 Å². The fourth-order valence-electron chi connectivity index (χ4n) is 3.04. The van der Waals surface area contributed by atoms with Gasteiger partial charge in [-0.15, -0.1) is 0 Å². The predicted molar refractivity (Wildman–Crippen MR) is 118 cm³/mol. The molecule has 0 aliphatic heterocycles. The Morgan fingerprint density at radius 2 is 1.81 bits per heavy atom. The number of amides is 1. The maximum Gasteiger partial charge on any atom is 0.335 e. The molecule has 3 rings (SSSR count). The monoisotopic (exact) mass is 443 g/mol. The minimum Gasteiger partial charge on any atom is -0.324 e. The normalized spacial score (nSPS) is 12.3. The van der Waals surface area contributed by atoms with Gasteiger partial charge in [0.15, 0.2) is 0 Å². The molecule has 0 saturated carbocycles. The van der Waals surface area contributed by atoms with Crippen molar-refractivity contribution in [2.45, 2.75) is 19.0 Å². The average Bonchev–Trinajstić information content (AvgIpc) is 3.06. The van der Waals surface area contributed by atoms with Crippen molar-refractivity contribution in [2.75, 3.05) is 5.32 Å². The lowest BCUT2D eigenvalue weighted by atomic mass is 10.0. The van der Waals surface area contributed by atoms with E-state index in [0.29, 0.717) is 28.1 Å². The largest absolute Gasteiger partial charge is 0.335 e. The summed E-state index contributed by atoms with van der Waals surface area (Å²) in [6.45, 7) is 2.93. The standard InChI is InChI=1S/C22H23FN3O4P/c1-22(2,31(28,29)30)16-9-11-17(12-10-16)25-20(27)13-8-15-14-24-26(3)21(15)18-6-4-5-7-19(18)23/h4-14H,1-3H3,(H,25,27)(H2,28,29,30)/b13-8+. The van der Waals surface area contributed by atoms with E-state index in [1.54, 1.807) is 61.8 Å². The smallest absolute Gasteiger partial charge is 0.324 e. The van der Waals surface area contributed by atoms with E-state index in [-0.39, 0.29) is 5.82 Å². The van der Waals surface area contributed by atoms with Gasteiger partial charge >= 0.3 is 7.60 Å². The molecule has 0 radical (unpaired) electrons. The minimum absolute atomic E-state index is 0.380. The molecule has 2 aromatic carbocycles. The van der Waals surface area contributed by atoms with Crippen molar-refractivity contribution in [3.05, 3.63) is 77.7 Å². The van der Waals surface area contributed by atoms with E-state index in [1.807, 2.05) is 0 Å². The second-order valence-corrected chi connectivity index (χ2v) is 9.76. The lowest BCUT2D eigenvalue weighted by molar-refractivity contribution is -0.111. The number of rotatable bonds is 6. The van der Waals surface area contributed by atoms with Crippen LogP contribution in [0.2, 0.25) is 0 Å². The summed E-state index contributed by atoms with van der Waals surface area (Å²) in [5, 5.41) is 5.50. The lowest BCUT2D eigenvalue weighted by Crippen LogP contribution is -2.17. The van der Waals surface area contributed by atoms with Crippen molar-refractivity contribution in [3.63, 3.8) is 0 Å². The third kappa shape index (κ3) is 4.82. The fraction of sp³-hybridized carbons (Fsp3) is 0.182. The highest BCUT2D eigenvalue weighted by atomic mass is 31.2. The number of carbonyl (C=O) groups excluding carboxylic acids is 1. The number of hydrogen-bond donors (Lipinski definition) is 3. The molecule has 162 valence electrons. The van der Waals surface area contributed by atoms with E-state index in [0.717, 1.165) is 0 Å². The molecule has 7 nitrogen and oxygen atoms in total. The molecule has 0 bridgehead atoms. The van der Waals surface area contributed by atoms with Gasteiger partial charge in [0.25, 0.3) is 0 Å².